The summed E-state index contributed by atoms with van der Waals surface area (Å²) in [5.74, 6) is 0.308. The fraction of sp³-hybridized carbons (Fsp3) is 0.533. The van der Waals surface area contributed by atoms with Crippen LogP contribution in [0.1, 0.15) is 94.4 Å². The van der Waals surface area contributed by atoms with Crippen LogP contribution in [-0.4, -0.2) is 57.2 Å². The number of ether oxygens (including phenoxy) is 2. The van der Waals surface area contributed by atoms with Crippen molar-refractivity contribution in [2.75, 3.05) is 13.1 Å². The van der Waals surface area contributed by atoms with Crippen molar-refractivity contribution in [1.82, 2.24) is 14.8 Å². The summed E-state index contributed by atoms with van der Waals surface area (Å²) in [7, 11) is 0. The molecule has 1 saturated heterocycles. The number of amides is 3. The number of hydrogen-bond donors (Lipinski definition) is 0. The summed E-state index contributed by atoms with van der Waals surface area (Å²) in [6, 6.07) is 11.6. The second-order valence-corrected chi connectivity index (χ2v) is 11.7. The van der Waals surface area contributed by atoms with E-state index in [0.29, 0.717) is 18.7 Å². The normalized spacial score (nSPS) is 14.7. The van der Waals surface area contributed by atoms with Gasteiger partial charge in [-0.1, -0.05) is 31.2 Å². The van der Waals surface area contributed by atoms with Crippen molar-refractivity contribution >= 4 is 18.1 Å². The molecule has 0 saturated carbocycles. The quantitative estimate of drug-likeness (QED) is 0.455. The Morgan fingerprint density at radius 1 is 0.947 bits per heavy atom. The predicted octanol–water partition coefficient (Wildman–Crippen LogP) is 6.34. The van der Waals surface area contributed by atoms with E-state index in [1.165, 1.54) is 0 Å². The van der Waals surface area contributed by atoms with Crippen molar-refractivity contribution < 1.29 is 23.9 Å². The second-order valence-electron chi connectivity index (χ2n) is 11.7. The lowest BCUT2D eigenvalue weighted by Gasteiger charge is -2.33. The van der Waals surface area contributed by atoms with Crippen molar-refractivity contribution in [3.8, 4) is 0 Å². The summed E-state index contributed by atoms with van der Waals surface area (Å²) in [4.78, 5) is 46.2. The number of nitrogens with zero attached hydrogens (tertiary/aromatic N) is 3. The summed E-state index contributed by atoms with van der Waals surface area (Å²) >= 11 is 0. The van der Waals surface area contributed by atoms with Gasteiger partial charge in [0.25, 0.3) is 5.91 Å². The minimum atomic E-state index is -0.752. The molecule has 0 aliphatic carbocycles. The molecule has 206 valence electrons. The predicted molar refractivity (Wildman–Crippen MR) is 146 cm³/mol. The van der Waals surface area contributed by atoms with E-state index in [9.17, 15) is 14.4 Å². The lowest BCUT2D eigenvalue weighted by molar-refractivity contribution is -0.000273. The molecule has 0 spiro atoms. The van der Waals surface area contributed by atoms with E-state index in [-0.39, 0.29) is 18.4 Å². The second kappa shape index (κ2) is 12.0. The van der Waals surface area contributed by atoms with Crippen molar-refractivity contribution in [3.63, 3.8) is 0 Å². The molecule has 1 aliphatic heterocycles. The molecule has 1 fully saturated rings. The van der Waals surface area contributed by atoms with E-state index in [1.54, 1.807) is 47.7 Å². The van der Waals surface area contributed by atoms with Crippen LogP contribution >= 0.6 is 0 Å². The molecule has 1 aromatic carbocycles. The fourth-order valence-electron chi connectivity index (χ4n) is 4.47. The maximum atomic E-state index is 13.1. The minimum Gasteiger partial charge on any atom is -0.443 e. The van der Waals surface area contributed by atoms with Crippen molar-refractivity contribution in [3.05, 3.63) is 65.0 Å². The molecule has 2 aromatic rings. The number of carbonyl (C=O) groups is 3. The first-order valence-corrected chi connectivity index (χ1v) is 13.3. The number of imide groups is 1. The molecule has 8 heteroatoms. The highest BCUT2D eigenvalue weighted by molar-refractivity contribution is 5.95. The van der Waals surface area contributed by atoms with Gasteiger partial charge in [0.05, 0.1) is 17.8 Å². The SMILES string of the molecule is CCc1ncccc1C(=O)N1CCC(c2cccc(CN(C(=O)OC(C)(C)C)C(=O)OC(C)(C)C)c2)CC1. The Balaban J connectivity index is 1.71. The third-order valence-corrected chi connectivity index (χ3v) is 6.23. The Labute approximate surface area is 226 Å². The highest BCUT2D eigenvalue weighted by atomic mass is 16.6. The van der Waals surface area contributed by atoms with Gasteiger partial charge in [0, 0.05) is 19.3 Å². The third kappa shape index (κ3) is 8.04. The van der Waals surface area contributed by atoms with Crippen LogP contribution in [0.15, 0.2) is 42.6 Å². The van der Waals surface area contributed by atoms with Gasteiger partial charge in [-0.3, -0.25) is 9.78 Å². The van der Waals surface area contributed by atoms with E-state index < -0.39 is 23.4 Å². The Bertz CT molecular complexity index is 1110. The molecule has 0 unspecified atom stereocenters. The molecule has 1 aromatic heterocycles. The lowest BCUT2D eigenvalue weighted by Crippen LogP contribution is -2.43. The van der Waals surface area contributed by atoms with Gasteiger partial charge in [-0.2, -0.15) is 0 Å². The molecular weight excluding hydrogens is 482 g/mol. The summed E-state index contributed by atoms with van der Waals surface area (Å²) in [5, 5.41) is 0. The average Bonchev–Trinajstić information content (AvgIpc) is 2.85. The van der Waals surface area contributed by atoms with Crippen LogP contribution in [0.3, 0.4) is 0 Å². The van der Waals surface area contributed by atoms with Gasteiger partial charge in [-0.05, 0) is 90.0 Å². The van der Waals surface area contributed by atoms with Crippen LogP contribution < -0.4 is 0 Å². The first-order chi connectivity index (χ1) is 17.8. The summed E-state index contributed by atoms with van der Waals surface area (Å²) in [6.45, 7) is 13.9. The van der Waals surface area contributed by atoms with Gasteiger partial charge in [0.2, 0.25) is 0 Å². The van der Waals surface area contributed by atoms with Gasteiger partial charge in [0.15, 0.2) is 0 Å². The smallest absolute Gasteiger partial charge is 0.420 e. The molecule has 8 nitrogen and oxygen atoms in total. The molecule has 2 heterocycles. The Hall–Kier alpha value is -3.42. The number of likely N-dealkylation sites (tertiary alicyclic amines) is 1. The van der Waals surface area contributed by atoms with E-state index in [2.05, 4.69) is 11.1 Å². The van der Waals surface area contributed by atoms with Crippen LogP contribution in [-0.2, 0) is 22.4 Å². The van der Waals surface area contributed by atoms with Crippen molar-refractivity contribution in [2.24, 2.45) is 0 Å². The van der Waals surface area contributed by atoms with Crippen molar-refractivity contribution in [2.45, 2.75) is 91.4 Å². The van der Waals surface area contributed by atoms with Crippen LogP contribution in [0.5, 0.6) is 0 Å². The summed E-state index contributed by atoms with van der Waals surface area (Å²) < 4.78 is 11.0. The summed E-state index contributed by atoms with van der Waals surface area (Å²) in [5.41, 5.74) is 1.93. The Morgan fingerprint density at radius 2 is 1.55 bits per heavy atom. The van der Waals surface area contributed by atoms with Gasteiger partial charge in [0.1, 0.15) is 11.2 Å². The Morgan fingerprint density at radius 3 is 2.11 bits per heavy atom. The maximum absolute atomic E-state index is 13.1. The molecule has 3 rings (SSSR count). The molecule has 0 radical (unpaired) electrons. The van der Waals surface area contributed by atoms with E-state index in [1.807, 2.05) is 42.2 Å². The van der Waals surface area contributed by atoms with E-state index >= 15 is 0 Å². The standard InChI is InChI=1S/C30H41N3O5/c1-8-25-24(13-10-16-31-25)26(34)32-17-14-22(15-18-32)23-12-9-11-21(19-23)20-33(27(35)37-29(2,3)4)28(36)38-30(5,6)7/h9-13,16,19,22H,8,14-15,17-18,20H2,1-7H3. The van der Waals surface area contributed by atoms with Crippen molar-refractivity contribution in [1.29, 1.82) is 0 Å². The third-order valence-electron chi connectivity index (χ3n) is 6.23. The van der Waals surface area contributed by atoms with Crippen LogP contribution in [0.4, 0.5) is 9.59 Å². The van der Waals surface area contributed by atoms with Gasteiger partial charge in [-0.25, -0.2) is 14.5 Å². The molecule has 0 atom stereocenters. The number of piperidine rings is 1. The Kier molecular flexibility index (Phi) is 9.18. The maximum Gasteiger partial charge on any atom is 0.420 e. The zero-order valence-corrected chi connectivity index (χ0v) is 23.7. The minimum absolute atomic E-state index is 0.0347. The highest BCUT2D eigenvalue weighted by Gasteiger charge is 2.32. The largest absolute Gasteiger partial charge is 0.443 e. The van der Waals surface area contributed by atoms with Gasteiger partial charge >= 0.3 is 12.2 Å². The zero-order valence-electron chi connectivity index (χ0n) is 23.7. The number of carbonyl (C=O) groups excluding carboxylic acids is 3. The van der Waals surface area contributed by atoms with Crippen LogP contribution in [0.25, 0.3) is 0 Å². The van der Waals surface area contributed by atoms with Gasteiger partial charge in [-0.15, -0.1) is 0 Å². The first kappa shape index (κ1) is 29.1. The number of aromatic nitrogens is 1. The fourth-order valence-corrected chi connectivity index (χ4v) is 4.47. The monoisotopic (exact) mass is 523 g/mol. The number of benzene rings is 1. The molecule has 3 amide bonds. The molecule has 1 aliphatic rings. The number of pyridine rings is 1. The van der Waals surface area contributed by atoms with Crippen LogP contribution in [0.2, 0.25) is 0 Å². The number of hydrogen-bond acceptors (Lipinski definition) is 6. The van der Waals surface area contributed by atoms with Crippen LogP contribution in [0, 0.1) is 0 Å². The van der Waals surface area contributed by atoms with E-state index in [4.69, 9.17) is 9.47 Å². The van der Waals surface area contributed by atoms with E-state index in [0.717, 1.165) is 41.0 Å². The number of rotatable bonds is 5. The topological polar surface area (TPSA) is 89.0 Å². The van der Waals surface area contributed by atoms with Gasteiger partial charge < -0.3 is 14.4 Å². The zero-order chi connectivity index (χ0) is 28.1. The summed E-state index contributed by atoms with van der Waals surface area (Å²) in [6.07, 6.45) is 2.62. The lowest BCUT2D eigenvalue weighted by atomic mass is 9.88. The molecule has 0 N–H and O–H groups in total. The average molecular weight is 524 g/mol. The molecular formula is C30H41N3O5. The first-order valence-electron chi connectivity index (χ1n) is 13.3. The highest BCUT2D eigenvalue weighted by Crippen LogP contribution is 2.30. The number of aryl methyl sites for hydroxylation is 1. The molecule has 0 bridgehead atoms. The molecule has 38 heavy (non-hydrogen) atoms.